The van der Waals surface area contributed by atoms with Gasteiger partial charge < -0.3 is 10.7 Å². The van der Waals surface area contributed by atoms with Gasteiger partial charge in [0.15, 0.2) is 11.5 Å². The van der Waals surface area contributed by atoms with Crippen LogP contribution in [0, 0.1) is 17.5 Å². The molecule has 33 heavy (non-hydrogen) atoms. The van der Waals surface area contributed by atoms with Crippen molar-refractivity contribution in [1.29, 1.82) is 0 Å². The molecule has 0 aliphatic heterocycles. The molecule has 0 radical (unpaired) electrons. The first-order valence-corrected chi connectivity index (χ1v) is 10.1. The molecule has 0 amide bonds. The lowest BCUT2D eigenvalue weighted by atomic mass is 10.1. The van der Waals surface area contributed by atoms with Crippen LogP contribution >= 0.6 is 0 Å². The number of halogens is 3. The molecule has 0 atom stereocenters. The van der Waals surface area contributed by atoms with Crippen LogP contribution in [-0.4, -0.2) is 24.5 Å². The van der Waals surface area contributed by atoms with Crippen LogP contribution in [0.3, 0.4) is 0 Å². The highest BCUT2D eigenvalue weighted by atomic mass is 19.1. The van der Waals surface area contributed by atoms with Gasteiger partial charge in [0.2, 0.25) is 0 Å². The predicted molar refractivity (Wildman–Crippen MR) is 120 cm³/mol. The van der Waals surface area contributed by atoms with E-state index in [1.165, 1.54) is 30.9 Å². The van der Waals surface area contributed by atoms with E-state index in [1.807, 2.05) is 6.92 Å². The number of benzene rings is 2. The van der Waals surface area contributed by atoms with Crippen molar-refractivity contribution < 1.29 is 13.2 Å². The fourth-order valence-electron chi connectivity index (χ4n) is 3.52. The predicted octanol–water partition coefficient (Wildman–Crippen LogP) is 4.30. The van der Waals surface area contributed by atoms with Crippen LogP contribution in [0.4, 0.5) is 19.0 Å². The Balaban J connectivity index is 0.000000214. The van der Waals surface area contributed by atoms with Gasteiger partial charge in [-0.2, -0.15) is 0 Å². The van der Waals surface area contributed by atoms with E-state index >= 15 is 0 Å². The summed E-state index contributed by atoms with van der Waals surface area (Å²) in [5.41, 5.74) is 6.61. The molecular formula is C23H19F3N6O. The standard InChI is InChI=1S/C18H14F3NO.C5H5N5/c1-2-4-13-9-11-5-3-6-14(20)17(11)18(23)22(13)16-8-7-12(19)10-15(16)21;6-4-3-5(9-1-7-3)10-2-8-4/h3,5-10H,2,4H2,1H3;1-2H,(H3,6,7,8,9,10). The first kappa shape index (κ1) is 22.0. The maximum Gasteiger partial charge on any atom is 0.266 e. The summed E-state index contributed by atoms with van der Waals surface area (Å²) in [6, 6.07) is 9.01. The molecule has 168 valence electrons. The van der Waals surface area contributed by atoms with Crippen LogP contribution in [0.2, 0.25) is 0 Å². The van der Waals surface area contributed by atoms with Crippen molar-refractivity contribution in [2.24, 2.45) is 0 Å². The van der Waals surface area contributed by atoms with Crippen LogP contribution in [0.1, 0.15) is 19.0 Å². The van der Waals surface area contributed by atoms with Gasteiger partial charge in [-0.3, -0.25) is 9.36 Å². The molecule has 0 spiro atoms. The number of hydrogen-bond donors (Lipinski definition) is 2. The molecule has 3 N–H and O–H groups in total. The molecule has 0 aliphatic rings. The quantitative estimate of drug-likeness (QED) is 0.425. The smallest absolute Gasteiger partial charge is 0.266 e. The van der Waals surface area contributed by atoms with Crippen LogP contribution in [0.5, 0.6) is 0 Å². The Kier molecular flexibility index (Phi) is 6.07. The second-order valence-corrected chi connectivity index (χ2v) is 7.19. The van der Waals surface area contributed by atoms with Gasteiger partial charge in [0.1, 0.15) is 29.3 Å². The Labute approximate surface area is 185 Å². The van der Waals surface area contributed by atoms with E-state index in [9.17, 15) is 18.0 Å². The summed E-state index contributed by atoms with van der Waals surface area (Å²) < 4.78 is 42.5. The summed E-state index contributed by atoms with van der Waals surface area (Å²) in [5, 5.41) is 0.369. The SMILES string of the molecule is CCCc1cc2cccc(F)c2c(=O)n1-c1ccc(F)cc1F.Nc1ncnc2nc[nH]c12. The van der Waals surface area contributed by atoms with E-state index in [-0.39, 0.29) is 11.1 Å². The summed E-state index contributed by atoms with van der Waals surface area (Å²) in [6.07, 6.45) is 4.16. The van der Waals surface area contributed by atoms with E-state index in [4.69, 9.17) is 5.73 Å². The number of nitrogens with two attached hydrogens (primary N) is 1. The van der Waals surface area contributed by atoms with Crippen molar-refractivity contribution in [2.75, 3.05) is 5.73 Å². The van der Waals surface area contributed by atoms with E-state index in [1.54, 1.807) is 12.1 Å². The summed E-state index contributed by atoms with van der Waals surface area (Å²) in [4.78, 5) is 27.1. The summed E-state index contributed by atoms with van der Waals surface area (Å²) in [6.45, 7) is 1.92. The highest BCUT2D eigenvalue weighted by molar-refractivity contribution is 5.83. The number of fused-ring (bicyclic) bond motifs is 2. The number of H-pyrrole nitrogens is 1. The van der Waals surface area contributed by atoms with Crippen molar-refractivity contribution in [1.82, 2.24) is 24.5 Å². The van der Waals surface area contributed by atoms with E-state index in [0.29, 0.717) is 40.5 Å². The molecule has 0 bridgehead atoms. The molecule has 0 fully saturated rings. The van der Waals surface area contributed by atoms with Gasteiger partial charge in [-0.25, -0.2) is 28.1 Å². The third-order valence-electron chi connectivity index (χ3n) is 4.98. The number of aromatic amines is 1. The van der Waals surface area contributed by atoms with Crippen molar-refractivity contribution in [3.8, 4) is 5.69 Å². The molecule has 5 aromatic rings. The van der Waals surface area contributed by atoms with Crippen molar-refractivity contribution in [2.45, 2.75) is 19.8 Å². The Morgan fingerprint density at radius 1 is 1.03 bits per heavy atom. The van der Waals surface area contributed by atoms with Gasteiger partial charge in [0.05, 0.1) is 17.4 Å². The second-order valence-electron chi connectivity index (χ2n) is 7.19. The average molecular weight is 452 g/mol. The third-order valence-corrected chi connectivity index (χ3v) is 4.98. The molecule has 0 saturated carbocycles. The Morgan fingerprint density at radius 2 is 1.85 bits per heavy atom. The van der Waals surface area contributed by atoms with E-state index in [2.05, 4.69) is 19.9 Å². The number of aromatic nitrogens is 5. The highest BCUT2D eigenvalue weighted by Gasteiger charge is 2.16. The zero-order valence-electron chi connectivity index (χ0n) is 17.5. The second kappa shape index (κ2) is 9.11. The molecule has 2 aromatic carbocycles. The molecule has 3 aromatic heterocycles. The van der Waals surface area contributed by atoms with Crippen molar-refractivity contribution in [3.05, 3.63) is 88.6 Å². The first-order chi connectivity index (χ1) is 15.9. The largest absolute Gasteiger partial charge is 0.382 e. The fraction of sp³-hybridized carbons (Fsp3) is 0.130. The van der Waals surface area contributed by atoms with E-state index in [0.717, 1.165) is 17.1 Å². The molecule has 5 rings (SSSR count). The highest BCUT2D eigenvalue weighted by Crippen LogP contribution is 2.21. The van der Waals surface area contributed by atoms with Gasteiger partial charge in [-0.1, -0.05) is 25.5 Å². The number of nitrogens with zero attached hydrogens (tertiary/aromatic N) is 4. The van der Waals surface area contributed by atoms with Gasteiger partial charge >= 0.3 is 0 Å². The molecule has 0 saturated heterocycles. The molecule has 0 aliphatic carbocycles. The average Bonchev–Trinajstić information content (AvgIpc) is 3.26. The Morgan fingerprint density at radius 3 is 2.58 bits per heavy atom. The van der Waals surface area contributed by atoms with Crippen LogP contribution in [0.15, 0.2) is 59.9 Å². The lowest BCUT2D eigenvalue weighted by Crippen LogP contribution is -2.24. The van der Waals surface area contributed by atoms with Gasteiger partial charge in [-0.15, -0.1) is 0 Å². The number of imidazole rings is 1. The van der Waals surface area contributed by atoms with Gasteiger partial charge in [-0.05, 0) is 36.1 Å². The zero-order valence-corrected chi connectivity index (χ0v) is 17.5. The molecular weight excluding hydrogens is 433 g/mol. The summed E-state index contributed by atoms with van der Waals surface area (Å²) >= 11 is 0. The summed E-state index contributed by atoms with van der Waals surface area (Å²) in [5.74, 6) is -1.82. The fourth-order valence-corrected chi connectivity index (χ4v) is 3.52. The number of pyridine rings is 1. The summed E-state index contributed by atoms with van der Waals surface area (Å²) in [7, 11) is 0. The maximum atomic E-state index is 14.1. The number of rotatable bonds is 3. The van der Waals surface area contributed by atoms with Crippen LogP contribution < -0.4 is 11.3 Å². The normalized spacial score (nSPS) is 10.9. The van der Waals surface area contributed by atoms with Crippen LogP contribution in [0.25, 0.3) is 27.6 Å². The molecule has 7 nitrogen and oxygen atoms in total. The minimum Gasteiger partial charge on any atom is -0.382 e. The van der Waals surface area contributed by atoms with Crippen molar-refractivity contribution >= 4 is 27.8 Å². The molecule has 0 unspecified atom stereocenters. The van der Waals surface area contributed by atoms with Crippen LogP contribution in [-0.2, 0) is 6.42 Å². The van der Waals surface area contributed by atoms with Crippen molar-refractivity contribution in [3.63, 3.8) is 0 Å². The van der Waals surface area contributed by atoms with Gasteiger partial charge in [0, 0.05) is 11.8 Å². The topological polar surface area (TPSA) is 102 Å². The third kappa shape index (κ3) is 4.27. The number of nitrogen functional groups attached to an aromatic ring is 1. The maximum absolute atomic E-state index is 14.1. The van der Waals surface area contributed by atoms with Gasteiger partial charge in [0.25, 0.3) is 5.56 Å². The Bertz CT molecular complexity index is 1510. The lowest BCUT2D eigenvalue weighted by Gasteiger charge is -2.15. The monoisotopic (exact) mass is 452 g/mol. The lowest BCUT2D eigenvalue weighted by molar-refractivity contribution is 0.574. The molecule has 10 heteroatoms. The first-order valence-electron chi connectivity index (χ1n) is 10.1. The Hall–Kier alpha value is -4.21. The minimum absolute atomic E-state index is 0.0787. The molecule has 3 heterocycles. The number of aryl methyl sites for hydroxylation is 1. The zero-order chi connectivity index (χ0) is 23.5. The minimum atomic E-state index is -0.861. The number of anilines is 1. The number of hydrogen-bond acceptors (Lipinski definition) is 5. The number of nitrogens with one attached hydrogen (secondary N) is 1. The van der Waals surface area contributed by atoms with E-state index < -0.39 is 23.0 Å².